The first-order chi connectivity index (χ1) is 4.75. The van der Waals surface area contributed by atoms with Gasteiger partial charge < -0.3 is 0 Å². The fraction of sp³-hybridized carbons (Fsp3) is 0.286. The van der Waals surface area contributed by atoms with Gasteiger partial charge in [-0.25, -0.2) is 0 Å². The molecule has 0 aliphatic heterocycles. The number of rotatable bonds is 1. The van der Waals surface area contributed by atoms with E-state index < -0.39 is 0 Å². The molecule has 1 aliphatic carbocycles. The highest BCUT2D eigenvalue weighted by molar-refractivity contribution is 7.82. The fourth-order valence-corrected chi connectivity index (χ4v) is 1.47. The third-order valence-electron chi connectivity index (χ3n) is 1.37. The van der Waals surface area contributed by atoms with E-state index in [2.05, 4.69) is 25.3 Å². The van der Waals surface area contributed by atoms with Crippen LogP contribution in [0, 0.1) is 0 Å². The van der Waals surface area contributed by atoms with Crippen LogP contribution >= 0.6 is 25.3 Å². The van der Waals surface area contributed by atoms with Gasteiger partial charge in [0.1, 0.15) is 0 Å². The highest BCUT2D eigenvalue weighted by atomic mass is 32.1. The standard InChI is InChI=1S/C7H8OS2/c8-6-3-1-2-5(4-9)7(6)10/h1-3,7,9-10H,4H2/t7-/m1/s1. The molecule has 1 nitrogen and oxygen atoms in total. The Morgan fingerprint density at radius 1 is 1.60 bits per heavy atom. The molecule has 1 atom stereocenters. The van der Waals surface area contributed by atoms with Crippen LogP contribution in [-0.4, -0.2) is 16.8 Å². The lowest BCUT2D eigenvalue weighted by Gasteiger charge is -2.12. The van der Waals surface area contributed by atoms with E-state index >= 15 is 0 Å². The maximum atomic E-state index is 10.9. The van der Waals surface area contributed by atoms with Crippen LogP contribution in [0.4, 0.5) is 0 Å². The van der Waals surface area contributed by atoms with E-state index in [0.29, 0.717) is 5.75 Å². The molecule has 0 aromatic rings. The second-order valence-electron chi connectivity index (χ2n) is 2.06. The van der Waals surface area contributed by atoms with E-state index in [-0.39, 0.29) is 11.0 Å². The summed E-state index contributed by atoms with van der Waals surface area (Å²) in [4.78, 5) is 10.9. The van der Waals surface area contributed by atoms with Crippen molar-refractivity contribution in [2.24, 2.45) is 0 Å². The second-order valence-corrected chi connectivity index (χ2v) is 2.90. The normalized spacial score (nSPS) is 24.8. The van der Waals surface area contributed by atoms with Crippen LogP contribution in [0.3, 0.4) is 0 Å². The molecule has 0 aromatic carbocycles. The van der Waals surface area contributed by atoms with Crippen molar-refractivity contribution in [3.05, 3.63) is 23.8 Å². The van der Waals surface area contributed by atoms with Crippen molar-refractivity contribution in [1.29, 1.82) is 0 Å². The first-order valence-electron chi connectivity index (χ1n) is 2.95. The molecule has 1 rings (SSSR count). The highest BCUT2D eigenvalue weighted by Gasteiger charge is 2.16. The first kappa shape index (κ1) is 7.95. The van der Waals surface area contributed by atoms with Gasteiger partial charge in [0.05, 0.1) is 5.25 Å². The molecule has 0 bridgehead atoms. The minimum atomic E-state index is -0.262. The largest absolute Gasteiger partial charge is 0.293 e. The Bertz CT molecular complexity index is 206. The number of thiol groups is 2. The van der Waals surface area contributed by atoms with Crippen molar-refractivity contribution in [1.82, 2.24) is 0 Å². The molecule has 0 amide bonds. The molecular weight excluding hydrogens is 164 g/mol. The summed E-state index contributed by atoms with van der Waals surface area (Å²) >= 11 is 8.17. The van der Waals surface area contributed by atoms with Crippen molar-refractivity contribution in [2.45, 2.75) is 5.25 Å². The minimum absolute atomic E-state index is 0.0508. The molecule has 0 unspecified atom stereocenters. The Morgan fingerprint density at radius 3 is 2.80 bits per heavy atom. The fourth-order valence-electron chi connectivity index (χ4n) is 0.771. The lowest BCUT2D eigenvalue weighted by molar-refractivity contribution is -0.113. The van der Waals surface area contributed by atoms with Gasteiger partial charge >= 0.3 is 0 Å². The van der Waals surface area contributed by atoms with Crippen molar-refractivity contribution < 1.29 is 4.79 Å². The summed E-state index contributed by atoms with van der Waals surface area (Å²) in [7, 11) is 0. The summed E-state index contributed by atoms with van der Waals surface area (Å²) < 4.78 is 0. The van der Waals surface area contributed by atoms with Gasteiger partial charge in [-0.2, -0.15) is 25.3 Å². The molecule has 0 aromatic heterocycles. The van der Waals surface area contributed by atoms with Crippen molar-refractivity contribution in [3.63, 3.8) is 0 Å². The van der Waals surface area contributed by atoms with Crippen molar-refractivity contribution in [3.8, 4) is 0 Å². The molecule has 0 heterocycles. The average Bonchev–Trinajstić information content (AvgIpc) is 1.95. The third-order valence-corrected chi connectivity index (χ3v) is 2.33. The number of hydrogen-bond donors (Lipinski definition) is 2. The monoisotopic (exact) mass is 172 g/mol. The maximum Gasteiger partial charge on any atom is 0.172 e. The zero-order valence-electron chi connectivity index (χ0n) is 5.32. The first-order valence-corrected chi connectivity index (χ1v) is 4.10. The molecule has 0 saturated carbocycles. The van der Waals surface area contributed by atoms with E-state index in [0.717, 1.165) is 5.57 Å². The molecule has 0 saturated heterocycles. The van der Waals surface area contributed by atoms with Crippen LogP contribution in [0.5, 0.6) is 0 Å². The zero-order chi connectivity index (χ0) is 7.56. The zero-order valence-corrected chi connectivity index (χ0v) is 7.11. The molecule has 1 aliphatic rings. The van der Waals surface area contributed by atoms with Gasteiger partial charge in [-0.1, -0.05) is 12.2 Å². The third kappa shape index (κ3) is 1.47. The van der Waals surface area contributed by atoms with E-state index in [9.17, 15) is 4.79 Å². The molecule has 0 radical (unpaired) electrons. The van der Waals surface area contributed by atoms with Crippen molar-refractivity contribution in [2.75, 3.05) is 5.75 Å². The second kappa shape index (κ2) is 3.30. The van der Waals surface area contributed by atoms with Gasteiger partial charge in [0, 0.05) is 5.75 Å². The number of carbonyl (C=O) groups excluding carboxylic acids is 1. The Labute approximate surface area is 71.0 Å². The Morgan fingerprint density at radius 2 is 2.30 bits per heavy atom. The Hall–Kier alpha value is -0.150. The SMILES string of the molecule is O=C1C=CC=C(CS)[C@H]1S. The number of allylic oxidation sites excluding steroid dienone is 3. The van der Waals surface area contributed by atoms with E-state index in [1.807, 2.05) is 6.08 Å². The quantitative estimate of drug-likeness (QED) is 0.570. The molecule has 3 heteroatoms. The van der Waals surface area contributed by atoms with Crippen LogP contribution < -0.4 is 0 Å². The van der Waals surface area contributed by atoms with Crippen LogP contribution in [-0.2, 0) is 4.79 Å². The van der Waals surface area contributed by atoms with Gasteiger partial charge in [0.25, 0.3) is 0 Å². The highest BCUT2D eigenvalue weighted by Crippen LogP contribution is 2.16. The predicted molar refractivity (Wildman–Crippen MR) is 48.9 cm³/mol. The maximum absolute atomic E-state index is 10.9. The summed E-state index contributed by atoms with van der Waals surface area (Å²) in [5.74, 6) is 0.652. The van der Waals surface area contributed by atoms with E-state index in [1.165, 1.54) is 6.08 Å². The lowest BCUT2D eigenvalue weighted by Crippen LogP contribution is -2.17. The summed E-state index contributed by atoms with van der Waals surface area (Å²) in [6, 6.07) is 0. The topological polar surface area (TPSA) is 17.1 Å². The average molecular weight is 172 g/mol. The smallest absolute Gasteiger partial charge is 0.172 e. The molecule has 54 valence electrons. The lowest BCUT2D eigenvalue weighted by atomic mass is 10.1. The molecular formula is C7H8OS2. The van der Waals surface area contributed by atoms with Crippen LogP contribution in [0.1, 0.15) is 0 Å². The summed E-state index contributed by atoms with van der Waals surface area (Å²) in [6.07, 6.45) is 5.15. The number of ketones is 1. The van der Waals surface area contributed by atoms with Gasteiger partial charge in [-0.15, -0.1) is 0 Å². The van der Waals surface area contributed by atoms with Crippen LogP contribution in [0.15, 0.2) is 23.8 Å². The van der Waals surface area contributed by atoms with Gasteiger partial charge in [-0.3, -0.25) is 4.79 Å². The molecule has 0 fully saturated rings. The van der Waals surface area contributed by atoms with Gasteiger partial charge in [0.2, 0.25) is 0 Å². The van der Waals surface area contributed by atoms with Gasteiger partial charge in [-0.05, 0) is 11.6 Å². The van der Waals surface area contributed by atoms with Crippen molar-refractivity contribution >= 4 is 31.0 Å². The van der Waals surface area contributed by atoms with Crippen LogP contribution in [0.2, 0.25) is 0 Å². The molecule has 0 spiro atoms. The summed E-state index contributed by atoms with van der Waals surface area (Å²) in [5, 5.41) is -0.262. The Kier molecular flexibility index (Phi) is 2.63. The summed E-state index contributed by atoms with van der Waals surface area (Å²) in [5.41, 5.74) is 0.971. The summed E-state index contributed by atoms with van der Waals surface area (Å²) in [6.45, 7) is 0. The Balaban J connectivity index is 2.81. The van der Waals surface area contributed by atoms with E-state index in [4.69, 9.17) is 0 Å². The number of hydrogen-bond acceptors (Lipinski definition) is 3. The minimum Gasteiger partial charge on any atom is -0.293 e. The van der Waals surface area contributed by atoms with Crippen LogP contribution in [0.25, 0.3) is 0 Å². The predicted octanol–water partition coefficient (Wildman–Crippen LogP) is 1.28. The molecule has 10 heavy (non-hydrogen) atoms. The molecule has 0 N–H and O–H groups in total. The van der Waals surface area contributed by atoms with E-state index in [1.54, 1.807) is 6.08 Å². The number of carbonyl (C=O) groups is 1. The van der Waals surface area contributed by atoms with Gasteiger partial charge in [0.15, 0.2) is 5.78 Å².